The number of ether oxygens (including phenoxy) is 5. The molecule has 0 aliphatic rings. The minimum atomic E-state index is -0.141. The Balaban J connectivity index is -0.00000155. The molecule has 7 heteroatoms. The average Bonchev–Trinajstić information content (AvgIpc) is 2.60. The van der Waals surface area contributed by atoms with Crippen molar-refractivity contribution in [2.45, 2.75) is 33.6 Å². The van der Waals surface area contributed by atoms with Crippen molar-refractivity contribution in [2.24, 2.45) is 0 Å². The van der Waals surface area contributed by atoms with Gasteiger partial charge in [0.1, 0.15) is 6.61 Å². The van der Waals surface area contributed by atoms with E-state index >= 15 is 0 Å². The number of hydrogen-bond donors (Lipinski definition) is 1. The summed E-state index contributed by atoms with van der Waals surface area (Å²) in [6.45, 7) is 11.3. The third-order valence-corrected chi connectivity index (χ3v) is 2.60. The number of hydrogen-bond acceptors (Lipinski definition) is 6. The second-order valence-electron chi connectivity index (χ2n) is 4.59. The third kappa shape index (κ3) is 23.5. The molecule has 0 saturated carbocycles. The molecule has 0 unspecified atom stereocenters. The molecule has 0 spiro atoms. The Bertz CT molecular complexity index is 247. The predicted molar refractivity (Wildman–Crippen MR) is 96.5 cm³/mol. The predicted octanol–water partition coefficient (Wildman–Crippen LogP) is 1.89. The maximum atomic E-state index is 11.0. The molecule has 0 atom stereocenters. The van der Waals surface area contributed by atoms with Gasteiger partial charge < -0.3 is 29.0 Å². The second-order valence-corrected chi connectivity index (χ2v) is 4.59. The molecule has 0 aliphatic heterocycles. The van der Waals surface area contributed by atoms with Crippen molar-refractivity contribution in [1.82, 2.24) is 5.32 Å². The van der Waals surface area contributed by atoms with E-state index in [1.165, 1.54) is 7.11 Å². The van der Waals surface area contributed by atoms with Crippen LogP contribution in [0.2, 0.25) is 0 Å². The Hall–Kier alpha value is -0.730. The first-order valence-electron chi connectivity index (χ1n) is 8.87. The zero-order valence-corrected chi connectivity index (χ0v) is 15.9. The van der Waals surface area contributed by atoms with E-state index in [1.54, 1.807) is 0 Å². The minimum Gasteiger partial charge on any atom is -0.379 e. The van der Waals surface area contributed by atoms with Crippen LogP contribution >= 0.6 is 0 Å². The highest BCUT2D eigenvalue weighted by Crippen LogP contribution is 1.88. The number of carbonyl (C=O) groups is 1. The maximum absolute atomic E-state index is 11.0. The van der Waals surface area contributed by atoms with Crippen LogP contribution in [0.15, 0.2) is 0 Å². The van der Waals surface area contributed by atoms with E-state index in [4.69, 9.17) is 18.9 Å². The zero-order chi connectivity index (χ0) is 18.3. The van der Waals surface area contributed by atoms with E-state index in [-0.39, 0.29) is 13.9 Å². The fourth-order valence-electron chi connectivity index (χ4n) is 1.45. The van der Waals surface area contributed by atoms with Crippen molar-refractivity contribution >= 4 is 5.91 Å². The Morgan fingerprint density at radius 3 is 1.75 bits per heavy atom. The van der Waals surface area contributed by atoms with Gasteiger partial charge in [-0.3, -0.25) is 4.79 Å². The van der Waals surface area contributed by atoms with E-state index in [1.807, 2.05) is 13.8 Å². The van der Waals surface area contributed by atoms with E-state index in [9.17, 15) is 4.79 Å². The highest BCUT2D eigenvalue weighted by atomic mass is 16.6. The normalized spacial score (nSPS) is 10.2. The third-order valence-electron chi connectivity index (χ3n) is 2.60. The number of unbranched alkanes of at least 4 members (excludes halogenated alkanes) is 1. The van der Waals surface area contributed by atoms with Crippen LogP contribution in [0.25, 0.3) is 0 Å². The monoisotopic (exact) mass is 353 g/mol. The standard InChI is InChI=1S/C15H31NO6.C2H6.H2/c1-3-4-6-19-8-10-21-12-13-22-11-9-20-7-5-16-15(17)14-18-2;1-2;/h3-14H2,1-2H3,(H,16,17);1-2H3;1H. The second kappa shape index (κ2) is 24.5. The van der Waals surface area contributed by atoms with Gasteiger partial charge in [0, 0.05) is 21.7 Å². The van der Waals surface area contributed by atoms with Crippen molar-refractivity contribution in [1.29, 1.82) is 0 Å². The van der Waals surface area contributed by atoms with Gasteiger partial charge in [0.15, 0.2) is 0 Å². The fraction of sp³-hybridized carbons (Fsp3) is 0.941. The van der Waals surface area contributed by atoms with Gasteiger partial charge in [-0.1, -0.05) is 27.2 Å². The first kappa shape index (κ1) is 25.5. The molecule has 1 N–H and O–H groups in total. The van der Waals surface area contributed by atoms with Crippen LogP contribution in [0.3, 0.4) is 0 Å². The Labute approximate surface area is 148 Å². The summed E-state index contributed by atoms with van der Waals surface area (Å²) in [5.74, 6) is -0.141. The van der Waals surface area contributed by atoms with Crippen molar-refractivity contribution in [3.05, 3.63) is 0 Å². The van der Waals surface area contributed by atoms with Crippen LogP contribution < -0.4 is 5.32 Å². The van der Waals surface area contributed by atoms with Crippen LogP contribution in [0.1, 0.15) is 35.0 Å². The maximum Gasteiger partial charge on any atom is 0.246 e. The van der Waals surface area contributed by atoms with Crippen LogP contribution in [0, 0.1) is 0 Å². The summed E-state index contributed by atoms with van der Waals surface area (Å²) in [6, 6.07) is 0. The Morgan fingerprint density at radius 2 is 1.29 bits per heavy atom. The topological polar surface area (TPSA) is 75.3 Å². The molecule has 0 bridgehead atoms. The summed E-state index contributed by atoms with van der Waals surface area (Å²) < 4.78 is 26.1. The fourth-order valence-corrected chi connectivity index (χ4v) is 1.45. The summed E-state index contributed by atoms with van der Waals surface area (Å²) in [5, 5.41) is 2.67. The van der Waals surface area contributed by atoms with E-state index in [2.05, 4.69) is 17.0 Å². The van der Waals surface area contributed by atoms with E-state index in [0.717, 1.165) is 19.4 Å². The molecule has 0 aromatic rings. The molecular formula is C17H39NO6. The number of amides is 1. The minimum absolute atomic E-state index is 0. The molecule has 0 aromatic carbocycles. The van der Waals surface area contributed by atoms with Crippen LogP contribution in [0.5, 0.6) is 0 Å². The Morgan fingerprint density at radius 1 is 0.833 bits per heavy atom. The summed E-state index contributed by atoms with van der Waals surface area (Å²) in [5.41, 5.74) is 0. The highest BCUT2D eigenvalue weighted by Gasteiger charge is 1.98. The van der Waals surface area contributed by atoms with Gasteiger partial charge in [0.05, 0.1) is 46.2 Å². The largest absolute Gasteiger partial charge is 0.379 e. The van der Waals surface area contributed by atoms with Gasteiger partial charge in [-0.25, -0.2) is 0 Å². The summed E-state index contributed by atoms with van der Waals surface area (Å²) >= 11 is 0. The lowest BCUT2D eigenvalue weighted by atomic mass is 10.4. The highest BCUT2D eigenvalue weighted by molar-refractivity contribution is 5.77. The number of rotatable bonds is 17. The van der Waals surface area contributed by atoms with Gasteiger partial charge in [0.25, 0.3) is 0 Å². The summed E-state index contributed by atoms with van der Waals surface area (Å²) in [4.78, 5) is 11.0. The van der Waals surface area contributed by atoms with Crippen LogP contribution in [-0.2, 0) is 28.5 Å². The molecule has 148 valence electrons. The van der Waals surface area contributed by atoms with Gasteiger partial charge >= 0.3 is 0 Å². The van der Waals surface area contributed by atoms with Gasteiger partial charge in [-0.05, 0) is 6.42 Å². The molecule has 0 rings (SSSR count). The number of nitrogens with one attached hydrogen (secondary N) is 1. The molecule has 0 aromatic heterocycles. The first-order chi connectivity index (χ1) is 11.8. The Kier molecular flexibility index (Phi) is 26.1. The quantitative estimate of drug-likeness (QED) is 0.403. The number of carbonyl (C=O) groups excluding carboxylic acids is 1. The molecule has 1 amide bonds. The average molecular weight is 354 g/mol. The van der Waals surface area contributed by atoms with Gasteiger partial charge in [-0.2, -0.15) is 0 Å². The zero-order valence-electron chi connectivity index (χ0n) is 15.9. The molecule has 0 radical (unpaired) electrons. The lowest BCUT2D eigenvalue weighted by molar-refractivity contribution is -0.125. The van der Waals surface area contributed by atoms with Gasteiger partial charge in [0.2, 0.25) is 5.91 Å². The van der Waals surface area contributed by atoms with Crippen molar-refractivity contribution in [3.8, 4) is 0 Å². The van der Waals surface area contributed by atoms with Crippen molar-refractivity contribution in [2.75, 3.05) is 73.1 Å². The molecule has 24 heavy (non-hydrogen) atoms. The number of methoxy groups -OCH3 is 1. The first-order valence-corrected chi connectivity index (χ1v) is 8.87. The SMILES string of the molecule is CC.CCCCOCCOCCOCCOCCNC(=O)COC.[HH]. The molecule has 0 saturated heterocycles. The van der Waals surface area contributed by atoms with Crippen molar-refractivity contribution < 1.29 is 29.9 Å². The summed E-state index contributed by atoms with van der Waals surface area (Å²) in [6.07, 6.45) is 2.25. The lowest BCUT2D eigenvalue weighted by Gasteiger charge is -2.08. The molecular weight excluding hydrogens is 314 g/mol. The van der Waals surface area contributed by atoms with Gasteiger partial charge in [-0.15, -0.1) is 0 Å². The van der Waals surface area contributed by atoms with E-state index in [0.29, 0.717) is 52.8 Å². The summed E-state index contributed by atoms with van der Waals surface area (Å²) in [7, 11) is 1.48. The smallest absolute Gasteiger partial charge is 0.246 e. The molecule has 0 fully saturated rings. The molecule has 0 aliphatic carbocycles. The van der Waals surface area contributed by atoms with Crippen LogP contribution in [-0.4, -0.2) is 79.0 Å². The van der Waals surface area contributed by atoms with Crippen molar-refractivity contribution in [3.63, 3.8) is 0 Å². The lowest BCUT2D eigenvalue weighted by Crippen LogP contribution is -2.30. The van der Waals surface area contributed by atoms with Crippen LogP contribution in [0.4, 0.5) is 0 Å². The molecule has 7 nitrogen and oxygen atoms in total. The van der Waals surface area contributed by atoms with E-state index < -0.39 is 0 Å². The molecule has 0 heterocycles.